The quantitative estimate of drug-likeness (QED) is 0.795. The zero-order valence-corrected chi connectivity index (χ0v) is 13.9. The van der Waals surface area contributed by atoms with Crippen LogP contribution in [0, 0.1) is 6.92 Å². The van der Waals surface area contributed by atoms with Gasteiger partial charge in [0, 0.05) is 11.0 Å². The van der Waals surface area contributed by atoms with E-state index >= 15 is 0 Å². The van der Waals surface area contributed by atoms with Crippen LogP contribution in [0.1, 0.15) is 5.56 Å². The normalized spacial score (nSPS) is 11.3. The zero-order chi connectivity index (χ0) is 15.3. The van der Waals surface area contributed by atoms with Crippen LogP contribution in [0.2, 0.25) is 0 Å². The molecule has 0 aromatic heterocycles. The summed E-state index contributed by atoms with van der Waals surface area (Å²) in [6, 6.07) is 14.1. The van der Waals surface area contributed by atoms with E-state index in [1.54, 1.807) is 24.3 Å². The minimum absolute atomic E-state index is 0.215. The Bertz CT molecular complexity index is 699. The van der Waals surface area contributed by atoms with Gasteiger partial charge >= 0.3 is 0 Å². The maximum atomic E-state index is 12.0. The molecule has 0 aliphatic carbocycles. The van der Waals surface area contributed by atoms with Gasteiger partial charge in [0.05, 0.1) is 4.90 Å². The molecule has 1 N–H and O–H groups in total. The molecule has 0 heterocycles. The van der Waals surface area contributed by atoms with Gasteiger partial charge in [0.1, 0.15) is 12.4 Å². The number of halogens is 1. The molecule has 0 amide bonds. The van der Waals surface area contributed by atoms with Crippen LogP contribution in [0.5, 0.6) is 5.75 Å². The first-order valence-electron chi connectivity index (χ1n) is 6.43. The number of sulfonamides is 1. The summed E-state index contributed by atoms with van der Waals surface area (Å²) in [4.78, 5) is 0.238. The summed E-state index contributed by atoms with van der Waals surface area (Å²) in [5.74, 6) is 0.764. The fraction of sp³-hybridized carbons (Fsp3) is 0.200. The van der Waals surface area contributed by atoms with Crippen molar-refractivity contribution >= 4 is 26.0 Å². The second kappa shape index (κ2) is 7.06. The van der Waals surface area contributed by atoms with E-state index in [1.165, 1.54) is 0 Å². The van der Waals surface area contributed by atoms with E-state index in [0.717, 1.165) is 15.8 Å². The molecule has 0 atom stereocenters. The lowest BCUT2D eigenvalue weighted by Crippen LogP contribution is -2.28. The van der Waals surface area contributed by atoms with Gasteiger partial charge < -0.3 is 4.74 Å². The fourth-order valence-electron chi connectivity index (χ4n) is 1.75. The summed E-state index contributed by atoms with van der Waals surface area (Å²) < 4.78 is 33.0. The first-order chi connectivity index (χ1) is 9.99. The molecule has 2 aromatic rings. The monoisotopic (exact) mass is 369 g/mol. The molecule has 0 aliphatic rings. The largest absolute Gasteiger partial charge is 0.492 e. The number of rotatable bonds is 6. The molecule has 0 aliphatic heterocycles. The van der Waals surface area contributed by atoms with E-state index < -0.39 is 10.0 Å². The van der Waals surface area contributed by atoms with Gasteiger partial charge in [-0.1, -0.05) is 34.1 Å². The summed E-state index contributed by atoms with van der Waals surface area (Å²) >= 11 is 3.27. The van der Waals surface area contributed by atoms with E-state index in [1.807, 2.05) is 31.2 Å². The summed E-state index contributed by atoms with van der Waals surface area (Å²) in [5.41, 5.74) is 1.02. The van der Waals surface area contributed by atoms with E-state index in [0.29, 0.717) is 0 Å². The lowest BCUT2D eigenvalue weighted by Gasteiger charge is -2.10. The van der Waals surface area contributed by atoms with Crippen molar-refractivity contribution in [2.24, 2.45) is 0 Å². The maximum absolute atomic E-state index is 12.0. The molecule has 4 nitrogen and oxygen atoms in total. The smallest absolute Gasteiger partial charge is 0.240 e. The van der Waals surface area contributed by atoms with Crippen LogP contribution in [0.25, 0.3) is 0 Å². The highest BCUT2D eigenvalue weighted by atomic mass is 79.9. The predicted molar refractivity (Wildman–Crippen MR) is 86.0 cm³/mol. The Morgan fingerprint density at radius 1 is 1.10 bits per heavy atom. The molecule has 0 bridgehead atoms. The van der Waals surface area contributed by atoms with Gasteiger partial charge in [-0.05, 0) is 42.8 Å². The molecule has 0 unspecified atom stereocenters. The minimum Gasteiger partial charge on any atom is -0.492 e. The third-order valence-corrected chi connectivity index (χ3v) is 4.87. The molecular weight excluding hydrogens is 354 g/mol. The average molecular weight is 370 g/mol. The second-order valence-electron chi connectivity index (χ2n) is 4.47. The van der Waals surface area contributed by atoms with Gasteiger partial charge in [0.15, 0.2) is 0 Å². The maximum Gasteiger partial charge on any atom is 0.240 e. The fourth-order valence-corrected chi connectivity index (χ4v) is 3.03. The van der Waals surface area contributed by atoms with E-state index in [2.05, 4.69) is 20.7 Å². The highest BCUT2D eigenvalue weighted by Crippen LogP contribution is 2.16. The van der Waals surface area contributed by atoms with Crippen molar-refractivity contribution in [1.29, 1.82) is 0 Å². The molecule has 6 heteroatoms. The molecule has 0 spiro atoms. The van der Waals surface area contributed by atoms with Crippen LogP contribution >= 0.6 is 15.9 Å². The van der Waals surface area contributed by atoms with E-state index in [9.17, 15) is 8.42 Å². The van der Waals surface area contributed by atoms with Crippen molar-refractivity contribution in [3.8, 4) is 5.75 Å². The van der Waals surface area contributed by atoms with Crippen LogP contribution in [0.4, 0.5) is 0 Å². The number of ether oxygens (including phenoxy) is 1. The summed E-state index contributed by atoms with van der Waals surface area (Å²) in [5, 5.41) is 0. The average Bonchev–Trinajstić information content (AvgIpc) is 2.46. The predicted octanol–water partition coefficient (Wildman–Crippen LogP) is 3.11. The van der Waals surface area contributed by atoms with Crippen LogP contribution in [0.3, 0.4) is 0 Å². The van der Waals surface area contributed by atoms with Crippen LogP contribution in [-0.2, 0) is 10.0 Å². The Morgan fingerprint density at radius 3 is 2.43 bits per heavy atom. The number of hydrogen-bond donors (Lipinski definition) is 1. The van der Waals surface area contributed by atoms with Gasteiger partial charge in [-0.3, -0.25) is 0 Å². The van der Waals surface area contributed by atoms with Crippen molar-refractivity contribution in [3.05, 3.63) is 58.6 Å². The molecule has 0 saturated heterocycles. The number of aryl methyl sites for hydroxylation is 1. The Morgan fingerprint density at radius 2 is 1.76 bits per heavy atom. The van der Waals surface area contributed by atoms with Crippen molar-refractivity contribution < 1.29 is 13.2 Å². The molecule has 2 aromatic carbocycles. The topological polar surface area (TPSA) is 55.4 Å². The van der Waals surface area contributed by atoms with Gasteiger partial charge in [0.2, 0.25) is 10.0 Å². The highest BCUT2D eigenvalue weighted by Gasteiger charge is 2.12. The second-order valence-corrected chi connectivity index (χ2v) is 7.15. The summed E-state index contributed by atoms with van der Waals surface area (Å²) in [6.07, 6.45) is 0. The molecule has 0 saturated carbocycles. The third kappa shape index (κ3) is 4.56. The molecular formula is C15H16BrNO3S. The Hall–Kier alpha value is -1.37. The molecule has 0 fully saturated rings. The van der Waals surface area contributed by atoms with Crippen molar-refractivity contribution in [1.82, 2.24) is 4.72 Å². The van der Waals surface area contributed by atoms with Gasteiger partial charge in [-0.25, -0.2) is 13.1 Å². The molecule has 21 heavy (non-hydrogen) atoms. The SMILES string of the molecule is Cc1ccccc1OCCNS(=O)(=O)c1ccc(Br)cc1. The zero-order valence-electron chi connectivity index (χ0n) is 11.5. The Labute approximate surface area is 133 Å². The Kier molecular flexibility index (Phi) is 5.39. The van der Waals surface area contributed by atoms with E-state index in [-0.39, 0.29) is 18.0 Å². The first kappa shape index (κ1) is 16.0. The Balaban J connectivity index is 1.88. The van der Waals surface area contributed by atoms with Crippen molar-refractivity contribution in [2.75, 3.05) is 13.2 Å². The van der Waals surface area contributed by atoms with Crippen molar-refractivity contribution in [2.45, 2.75) is 11.8 Å². The van der Waals surface area contributed by atoms with Gasteiger partial charge in [-0.2, -0.15) is 0 Å². The number of para-hydroxylation sites is 1. The lowest BCUT2D eigenvalue weighted by atomic mass is 10.2. The van der Waals surface area contributed by atoms with Gasteiger partial charge in [-0.15, -0.1) is 0 Å². The first-order valence-corrected chi connectivity index (χ1v) is 8.70. The highest BCUT2D eigenvalue weighted by molar-refractivity contribution is 9.10. The van der Waals surface area contributed by atoms with Crippen LogP contribution < -0.4 is 9.46 Å². The van der Waals surface area contributed by atoms with Gasteiger partial charge in [0.25, 0.3) is 0 Å². The standard InChI is InChI=1S/C15H16BrNO3S/c1-12-4-2-3-5-15(12)20-11-10-17-21(18,19)14-8-6-13(16)7-9-14/h2-9,17H,10-11H2,1H3. The summed E-state index contributed by atoms with van der Waals surface area (Å²) in [6.45, 7) is 2.44. The summed E-state index contributed by atoms with van der Waals surface area (Å²) in [7, 11) is -3.49. The lowest BCUT2D eigenvalue weighted by molar-refractivity contribution is 0.320. The third-order valence-electron chi connectivity index (χ3n) is 2.87. The van der Waals surface area contributed by atoms with Crippen LogP contribution in [-0.4, -0.2) is 21.6 Å². The molecule has 112 valence electrons. The molecule has 2 rings (SSSR count). The van der Waals surface area contributed by atoms with Crippen LogP contribution in [0.15, 0.2) is 57.9 Å². The minimum atomic E-state index is -3.49. The van der Waals surface area contributed by atoms with E-state index in [4.69, 9.17) is 4.74 Å². The number of benzene rings is 2. The number of hydrogen-bond acceptors (Lipinski definition) is 3. The number of nitrogens with one attached hydrogen (secondary N) is 1. The molecule has 0 radical (unpaired) electrons. The van der Waals surface area contributed by atoms with Crippen molar-refractivity contribution in [3.63, 3.8) is 0 Å².